The predicted octanol–water partition coefficient (Wildman–Crippen LogP) is 1.81. The topological polar surface area (TPSA) is 62.3 Å². The molecule has 1 aromatic rings. The minimum Gasteiger partial charge on any atom is -0.454 e. The summed E-state index contributed by atoms with van der Waals surface area (Å²) in [4.78, 5) is 31.5. The second-order valence-corrected chi connectivity index (χ2v) is 8.51. The van der Waals surface area contributed by atoms with E-state index in [0.717, 1.165) is 69.9 Å². The minimum atomic E-state index is -0.363. The van der Waals surface area contributed by atoms with Crippen molar-refractivity contribution in [1.82, 2.24) is 14.7 Å². The molecule has 7 nitrogen and oxygen atoms in total. The number of imide groups is 1. The molecule has 2 saturated heterocycles. The zero-order valence-electron chi connectivity index (χ0n) is 16.2. The van der Waals surface area contributed by atoms with Crippen molar-refractivity contribution < 1.29 is 19.1 Å². The Bertz CT molecular complexity index is 782. The molecule has 3 heterocycles. The molecule has 1 aromatic carbocycles. The first kappa shape index (κ1) is 17.9. The number of piperazine rings is 1. The van der Waals surface area contributed by atoms with E-state index in [1.165, 1.54) is 10.5 Å². The highest BCUT2D eigenvalue weighted by Gasteiger charge is 2.52. The number of amides is 2. The normalized spacial score (nSPS) is 24.6. The maximum absolute atomic E-state index is 12.9. The zero-order valence-corrected chi connectivity index (χ0v) is 16.2. The molecule has 7 heteroatoms. The Kier molecular flexibility index (Phi) is 4.51. The van der Waals surface area contributed by atoms with E-state index >= 15 is 0 Å². The van der Waals surface area contributed by atoms with E-state index < -0.39 is 0 Å². The third-order valence-electron chi connectivity index (χ3n) is 6.70. The van der Waals surface area contributed by atoms with E-state index in [-0.39, 0.29) is 17.2 Å². The van der Waals surface area contributed by atoms with E-state index in [1.54, 1.807) is 0 Å². The maximum atomic E-state index is 12.9. The number of hydrogen-bond donors (Lipinski definition) is 0. The third-order valence-corrected chi connectivity index (χ3v) is 6.70. The fourth-order valence-electron chi connectivity index (χ4n) is 5.03. The average Bonchev–Trinajstić information content (AvgIpc) is 3.40. The van der Waals surface area contributed by atoms with Gasteiger partial charge in [-0.2, -0.15) is 0 Å². The Morgan fingerprint density at radius 1 is 0.929 bits per heavy atom. The number of fused-ring (bicyclic) bond motifs is 1. The van der Waals surface area contributed by atoms with E-state index in [1.807, 2.05) is 6.07 Å². The van der Waals surface area contributed by atoms with Crippen molar-refractivity contribution in [2.45, 2.75) is 38.6 Å². The van der Waals surface area contributed by atoms with Crippen LogP contribution in [0.5, 0.6) is 11.5 Å². The standard InChI is InChI=1S/C21H27N3O4/c25-19-12-21(5-1-2-6-21)20(26)24(19)14-23-9-7-22(8-10-23)13-16-3-4-17-18(11-16)28-15-27-17/h3-4,11H,1-2,5-10,12-15H2. The second kappa shape index (κ2) is 7.04. The molecule has 3 aliphatic heterocycles. The lowest BCUT2D eigenvalue weighted by Gasteiger charge is -2.36. The number of nitrogens with zero attached hydrogens (tertiary/aromatic N) is 3. The van der Waals surface area contributed by atoms with Gasteiger partial charge in [0.1, 0.15) is 0 Å². The van der Waals surface area contributed by atoms with Gasteiger partial charge in [0, 0.05) is 39.1 Å². The Morgan fingerprint density at radius 3 is 2.43 bits per heavy atom. The molecule has 0 atom stereocenters. The van der Waals surface area contributed by atoms with Crippen molar-refractivity contribution in [3.8, 4) is 11.5 Å². The fourth-order valence-corrected chi connectivity index (χ4v) is 5.03. The van der Waals surface area contributed by atoms with Crippen LogP contribution in [0.25, 0.3) is 0 Å². The SMILES string of the molecule is O=C1CC2(CCCC2)C(=O)N1CN1CCN(Cc2ccc3c(c2)OCO3)CC1. The van der Waals surface area contributed by atoms with Crippen LogP contribution in [0.1, 0.15) is 37.7 Å². The number of benzene rings is 1. The van der Waals surface area contributed by atoms with Gasteiger partial charge in [0.2, 0.25) is 18.6 Å². The van der Waals surface area contributed by atoms with Crippen molar-refractivity contribution in [3.05, 3.63) is 23.8 Å². The molecule has 1 saturated carbocycles. The molecule has 150 valence electrons. The molecule has 2 amide bonds. The Balaban J connectivity index is 1.14. The monoisotopic (exact) mass is 385 g/mol. The number of hydrogen-bond acceptors (Lipinski definition) is 6. The highest BCUT2D eigenvalue weighted by Crippen LogP contribution is 2.46. The number of ether oxygens (including phenoxy) is 2. The lowest BCUT2D eigenvalue weighted by Crippen LogP contribution is -2.51. The summed E-state index contributed by atoms with van der Waals surface area (Å²) in [5.41, 5.74) is 0.851. The van der Waals surface area contributed by atoms with Gasteiger partial charge < -0.3 is 9.47 Å². The second-order valence-electron chi connectivity index (χ2n) is 8.51. The van der Waals surface area contributed by atoms with Crippen molar-refractivity contribution in [3.63, 3.8) is 0 Å². The van der Waals surface area contributed by atoms with Crippen LogP contribution in [-0.4, -0.2) is 66.2 Å². The van der Waals surface area contributed by atoms with Gasteiger partial charge in [-0.3, -0.25) is 24.3 Å². The van der Waals surface area contributed by atoms with Crippen LogP contribution in [0, 0.1) is 5.41 Å². The van der Waals surface area contributed by atoms with Crippen LogP contribution in [0.15, 0.2) is 18.2 Å². The van der Waals surface area contributed by atoms with Crippen LogP contribution in [-0.2, 0) is 16.1 Å². The molecule has 1 spiro atoms. The minimum absolute atomic E-state index is 0.0229. The molecule has 0 N–H and O–H groups in total. The van der Waals surface area contributed by atoms with Crippen molar-refractivity contribution in [2.75, 3.05) is 39.6 Å². The molecular weight excluding hydrogens is 358 g/mol. The van der Waals surface area contributed by atoms with Gasteiger partial charge in [-0.25, -0.2) is 0 Å². The molecule has 0 aromatic heterocycles. The third kappa shape index (κ3) is 3.16. The Labute approximate surface area is 165 Å². The maximum Gasteiger partial charge on any atom is 0.237 e. The van der Waals surface area contributed by atoms with Gasteiger partial charge in [0.25, 0.3) is 0 Å². The summed E-state index contributed by atoms with van der Waals surface area (Å²) in [5, 5.41) is 0. The van der Waals surface area contributed by atoms with Gasteiger partial charge in [-0.05, 0) is 30.5 Å². The van der Waals surface area contributed by atoms with Crippen LogP contribution >= 0.6 is 0 Å². The lowest BCUT2D eigenvalue weighted by atomic mass is 9.85. The summed E-state index contributed by atoms with van der Waals surface area (Å²) in [7, 11) is 0. The smallest absolute Gasteiger partial charge is 0.237 e. The van der Waals surface area contributed by atoms with Crippen LogP contribution in [0.2, 0.25) is 0 Å². The highest BCUT2D eigenvalue weighted by atomic mass is 16.7. The van der Waals surface area contributed by atoms with E-state index in [0.29, 0.717) is 19.9 Å². The first-order chi connectivity index (χ1) is 13.6. The summed E-state index contributed by atoms with van der Waals surface area (Å²) in [5.74, 6) is 1.74. The van der Waals surface area contributed by atoms with Gasteiger partial charge in [-0.15, -0.1) is 0 Å². The number of likely N-dealkylation sites (tertiary alicyclic amines) is 1. The average molecular weight is 385 g/mol. The molecule has 1 aliphatic carbocycles. The molecule has 5 rings (SSSR count). The summed E-state index contributed by atoms with van der Waals surface area (Å²) < 4.78 is 10.8. The molecule has 0 radical (unpaired) electrons. The van der Waals surface area contributed by atoms with Gasteiger partial charge >= 0.3 is 0 Å². The van der Waals surface area contributed by atoms with Crippen molar-refractivity contribution >= 4 is 11.8 Å². The fraction of sp³-hybridized carbons (Fsp3) is 0.619. The van der Waals surface area contributed by atoms with Crippen LogP contribution in [0.3, 0.4) is 0 Å². The summed E-state index contributed by atoms with van der Waals surface area (Å²) in [6.07, 6.45) is 4.35. The van der Waals surface area contributed by atoms with E-state index in [2.05, 4.69) is 21.9 Å². The highest BCUT2D eigenvalue weighted by molar-refractivity contribution is 6.06. The summed E-state index contributed by atoms with van der Waals surface area (Å²) in [6, 6.07) is 6.11. The van der Waals surface area contributed by atoms with Crippen LogP contribution < -0.4 is 9.47 Å². The number of rotatable bonds is 4. The lowest BCUT2D eigenvalue weighted by molar-refractivity contribution is -0.144. The summed E-state index contributed by atoms with van der Waals surface area (Å²) >= 11 is 0. The zero-order chi connectivity index (χ0) is 19.1. The molecule has 0 unspecified atom stereocenters. The van der Waals surface area contributed by atoms with Crippen molar-refractivity contribution in [1.29, 1.82) is 0 Å². The molecule has 3 fully saturated rings. The van der Waals surface area contributed by atoms with E-state index in [4.69, 9.17) is 9.47 Å². The van der Waals surface area contributed by atoms with Gasteiger partial charge in [0.05, 0.1) is 12.1 Å². The van der Waals surface area contributed by atoms with Crippen molar-refractivity contribution in [2.24, 2.45) is 5.41 Å². The molecule has 28 heavy (non-hydrogen) atoms. The Hall–Kier alpha value is -2.12. The molecule has 4 aliphatic rings. The summed E-state index contributed by atoms with van der Waals surface area (Å²) in [6.45, 7) is 5.22. The first-order valence-electron chi connectivity index (χ1n) is 10.3. The largest absolute Gasteiger partial charge is 0.454 e. The van der Waals surface area contributed by atoms with Gasteiger partial charge in [-0.1, -0.05) is 18.9 Å². The number of carbonyl (C=O) groups is 2. The predicted molar refractivity (Wildman–Crippen MR) is 102 cm³/mol. The van der Waals surface area contributed by atoms with Crippen LogP contribution in [0.4, 0.5) is 0 Å². The molecular formula is C21H27N3O4. The quantitative estimate of drug-likeness (QED) is 0.737. The van der Waals surface area contributed by atoms with Gasteiger partial charge in [0.15, 0.2) is 11.5 Å². The molecule has 0 bridgehead atoms. The van der Waals surface area contributed by atoms with E-state index in [9.17, 15) is 9.59 Å². The first-order valence-corrected chi connectivity index (χ1v) is 10.3. The Morgan fingerprint density at radius 2 is 1.64 bits per heavy atom. The number of carbonyl (C=O) groups excluding carboxylic acids is 2.